The molecule has 2 amide bonds. The molecule has 3 aliphatic rings. The zero-order chi connectivity index (χ0) is 25.4. The number of hydrogen-bond acceptors (Lipinski definition) is 8. The monoisotopic (exact) mass is 519 g/mol. The molecule has 2 fully saturated rings. The predicted octanol–water partition coefficient (Wildman–Crippen LogP) is 3.55. The lowest BCUT2D eigenvalue weighted by molar-refractivity contribution is -0.113. The Morgan fingerprint density at radius 3 is 3.00 bits per heavy atom. The van der Waals surface area contributed by atoms with E-state index in [-0.39, 0.29) is 24.1 Å². The van der Waals surface area contributed by atoms with Crippen molar-refractivity contribution < 1.29 is 19.1 Å². The lowest BCUT2D eigenvalue weighted by Gasteiger charge is -2.27. The van der Waals surface area contributed by atoms with Gasteiger partial charge in [0.25, 0.3) is 0 Å². The van der Waals surface area contributed by atoms with Gasteiger partial charge in [0.2, 0.25) is 5.91 Å². The molecule has 3 N–H and O–H groups in total. The molecule has 2 saturated heterocycles. The lowest BCUT2D eigenvalue weighted by atomic mass is 9.90. The highest BCUT2D eigenvalue weighted by atomic mass is 32.2. The number of carbonyl (C=O) groups excluding carboxylic acids is 2. The molecule has 0 radical (unpaired) electrons. The number of hydrogen-bond donors (Lipinski definition) is 3. The number of methoxy groups -OCH3 is 1. The van der Waals surface area contributed by atoms with Crippen LogP contribution in [-0.4, -0.2) is 62.1 Å². The highest BCUT2D eigenvalue weighted by Gasteiger charge is 2.35. The molecule has 1 aromatic heterocycles. The van der Waals surface area contributed by atoms with E-state index in [0.717, 1.165) is 52.4 Å². The minimum Gasteiger partial charge on any atom is -0.497 e. The second-order valence-corrected chi connectivity index (χ2v) is 10.6. The summed E-state index contributed by atoms with van der Waals surface area (Å²) in [4.78, 5) is 31.8. The summed E-state index contributed by atoms with van der Waals surface area (Å²) < 4.78 is 11.2. The standard InChI is InChI=1S/C27H29N5O4S/c1-35-18-3-4-22-21(11-18)20(7-9-29-22)26(16-6-8-28-12-16)30-13-19-14-32(27(34)36-19)17-2-5-24-23(10-17)31-25(33)15-37-24/h2-5,7,9-11,16,19,26,28,30H,6,8,12-15H2,1H3,(H,31,33)/t16?,19?,26-/m0/s1. The number of aromatic nitrogens is 1. The second kappa shape index (κ2) is 10.2. The van der Waals surface area contributed by atoms with Gasteiger partial charge in [0.05, 0.1) is 30.6 Å². The fourth-order valence-corrected chi connectivity index (χ4v) is 6.16. The Labute approximate surface area is 219 Å². The first-order chi connectivity index (χ1) is 18.1. The number of cyclic esters (lactones) is 1. The third-order valence-electron chi connectivity index (χ3n) is 7.23. The number of fused-ring (bicyclic) bond motifs is 2. The molecule has 0 aliphatic carbocycles. The number of thioether (sulfide) groups is 1. The van der Waals surface area contributed by atoms with Gasteiger partial charge in [0.1, 0.15) is 11.9 Å². The molecule has 192 valence electrons. The third-order valence-corrected chi connectivity index (χ3v) is 8.31. The van der Waals surface area contributed by atoms with Crippen LogP contribution < -0.4 is 25.6 Å². The largest absolute Gasteiger partial charge is 0.497 e. The zero-order valence-corrected chi connectivity index (χ0v) is 21.3. The van der Waals surface area contributed by atoms with Gasteiger partial charge in [0.15, 0.2) is 0 Å². The van der Waals surface area contributed by atoms with E-state index in [1.54, 1.807) is 12.0 Å². The Morgan fingerprint density at radius 1 is 1.24 bits per heavy atom. The number of pyridine rings is 1. The van der Waals surface area contributed by atoms with Crippen molar-refractivity contribution in [2.24, 2.45) is 5.92 Å². The van der Waals surface area contributed by atoms with Gasteiger partial charge in [-0.2, -0.15) is 0 Å². The molecule has 2 unspecified atom stereocenters. The molecular formula is C27H29N5O4S. The van der Waals surface area contributed by atoms with E-state index in [1.807, 2.05) is 42.6 Å². The second-order valence-electron chi connectivity index (χ2n) is 9.56. The van der Waals surface area contributed by atoms with E-state index in [0.29, 0.717) is 24.8 Å². The summed E-state index contributed by atoms with van der Waals surface area (Å²) in [5.74, 6) is 1.56. The number of nitrogens with one attached hydrogen (secondary N) is 3. The van der Waals surface area contributed by atoms with E-state index in [1.165, 1.54) is 17.3 Å². The summed E-state index contributed by atoms with van der Waals surface area (Å²) in [5, 5.41) is 11.2. The number of amides is 2. The molecule has 3 aromatic rings. The van der Waals surface area contributed by atoms with E-state index >= 15 is 0 Å². The quantitative estimate of drug-likeness (QED) is 0.435. The molecule has 4 heterocycles. The molecule has 2 aromatic carbocycles. The maximum absolute atomic E-state index is 12.8. The number of anilines is 2. The Hall–Kier alpha value is -3.34. The molecule has 6 rings (SSSR count). The van der Waals surface area contributed by atoms with Crippen LogP contribution in [0.25, 0.3) is 10.9 Å². The fraction of sp³-hybridized carbons (Fsp3) is 0.370. The first-order valence-electron chi connectivity index (χ1n) is 12.5. The zero-order valence-electron chi connectivity index (χ0n) is 20.5. The van der Waals surface area contributed by atoms with Gasteiger partial charge < -0.3 is 25.4 Å². The summed E-state index contributed by atoms with van der Waals surface area (Å²) in [7, 11) is 1.67. The Kier molecular flexibility index (Phi) is 6.62. The van der Waals surface area contributed by atoms with Gasteiger partial charge in [-0.15, -0.1) is 11.8 Å². The molecule has 3 atom stereocenters. The SMILES string of the molecule is COc1ccc2nccc([C@@H](NCC3CN(c4ccc5c(c4)NC(=O)CS5)C(=O)O3)C3CCNC3)c2c1. The summed E-state index contributed by atoms with van der Waals surface area (Å²) >= 11 is 1.50. The Morgan fingerprint density at radius 2 is 2.16 bits per heavy atom. The summed E-state index contributed by atoms with van der Waals surface area (Å²) in [6.07, 6.45) is 2.23. The number of ether oxygens (including phenoxy) is 2. The predicted molar refractivity (Wildman–Crippen MR) is 143 cm³/mol. The van der Waals surface area contributed by atoms with Gasteiger partial charge in [0, 0.05) is 34.8 Å². The van der Waals surface area contributed by atoms with Gasteiger partial charge in [-0.25, -0.2) is 4.79 Å². The van der Waals surface area contributed by atoms with Gasteiger partial charge in [-0.1, -0.05) is 0 Å². The van der Waals surface area contributed by atoms with E-state index < -0.39 is 0 Å². The van der Waals surface area contributed by atoms with E-state index in [2.05, 4.69) is 27.0 Å². The highest BCUT2D eigenvalue weighted by molar-refractivity contribution is 8.00. The normalized spacial score (nSPS) is 22.0. The van der Waals surface area contributed by atoms with Crippen LogP contribution in [0.5, 0.6) is 5.75 Å². The number of benzene rings is 2. The molecule has 0 spiro atoms. The molecule has 0 saturated carbocycles. The molecule has 0 bridgehead atoms. The van der Waals surface area contributed by atoms with Crippen molar-refractivity contribution in [2.75, 3.05) is 49.3 Å². The van der Waals surface area contributed by atoms with Crippen LogP contribution in [0.1, 0.15) is 18.0 Å². The first kappa shape index (κ1) is 24.0. The number of nitrogens with zero attached hydrogens (tertiary/aromatic N) is 2. The number of rotatable bonds is 7. The summed E-state index contributed by atoms with van der Waals surface area (Å²) in [6.45, 7) is 2.86. The maximum Gasteiger partial charge on any atom is 0.414 e. The van der Waals surface area contributed by atoms with Crippen LogP contribution >= 0.6 is 11.8 Å². The molecule has 10 heteroatoms. The van der Waals surface area contributed by atoms with Crippen molar-refractivity contribution in [2.45, 2.75) is 23.5 Å². The average Bonchev–Trinajstić information content (AvgIpc) is 3.58. The maximum atomic E-state index is 12.8. The fourth-order valence-electron chi connectivity index (χ4n) is 5.37. The highest BCUT2D eigenvalue weighted by Crippen LogP contribution is 2.36. The van der Waals surface area contributed by atoms with Crippen LogP contribution in [0.4, 0.5) is 16.2 Å². The smallest absolute Gasteiger partial charge is 0.414 e. The molecule has 37 heavy (non-hydrogen) atoms. The first-order valence-corrected chi connectivity index (χ1v) is 13.5. The Balaban J connectivity index is 1.21. The van der Waals surface area contributed by atoms with Crippen LogP contribution in [0, 0.1) is 5.92 Å². The van der Waals surface area contributed by atoms with Crippen LogP contribution in [0.2, 0.25) is 0 Å². The topological polar surface area (TPSA) is 105 Å². The van der Waals surface area contributed by atoms with E-state index in [4.69, 9.17) is 9.47 Å². The van der Waals surface area contributed by atoms with Crippen molar-refractivity contribution in [3.8, 4) is 5.75 Å². The lowest BCUT2D eigenvalue weighted by Crippen LogP contribution is -2.37. The molecular weight excluding hydrogens is 490 g/mol. The molecule has 9 nitrogen and oxygen atoms in total. The van der Waals surface area contributed by atoms with Gasteiger partial charge in [-0.3, -0.25) is 14.7 Å². The third kappa shape index (κ3) is 4.84. The summed E-state index contributed by atoms with van der Waals surface area (Å²) in [5.41, 5.74) is 3.55. The van der Waals surface area contributed by atoms with E-state index in [9.17, 15) is 9.59 Å². The van der Waals surface area contributed by atoms with Crippen LogP contribution in [-0.2, 0) is 9.53 Å². The van der Waals surface area contributed by atoms with Crippen LogP contribution in [0.3, 0.4) is 0 Å². The van der Waals surface area contributed by atoms with Gasteiger partial charge >= 0.3 is 6.09 Å². The summed E-state index contributed by atoms with van der Waals surface area (Å²) in [6, 6.07) is 13.8. The van der Waals surface area contributed by atoms with Crippen molar-refractivity contribution >= 4 is 46.0 Å². The number of carbonyl (C=O) groups is 2. The minimum atomic E-state index is -0.375. The van der Waals surface area contributed by atoms with Crippen LogP contribution in [0.15, 0.2) is 53.6 Å². The van der Waals surface area contributed by atoms with Crippen molar-refractivity contribution in [1.82, 2.24) is 15.6 Å². The van der Waals surface area contributed by atoms with Crippen molar-refractivity contribution in [3.05, 3.63) is 54.2 Å². The Bertz CT molecular complexity index is 1350. The van der Waals surface area contributed by atoms with Crippen molar-refractivity contribution in [1.29, 1.82) is 0 Å². The van der Waals surface area contributed by atoms with Gasteiger partial charge in [-0.05, 0) is 73.5 Å². The van der Waals surface area contributed by atoms with Crippen molar-refractivity contribution in [3.63, 3.8) is 0 Å². The average molecular weight is 520 g/mol. The minimum absolute atomic E-state index is 0.0329. The molecule has 3 aliphatic heterocycles.